The Bertz CT molecular complexity index is 1830. The average Bonchev–Trinajstić information content (AvgIpc) is 3.29. The summed E-state index contributed by atoms with van der Waals surface area (Å²) in [4.78, 5) is 35.5. The van der Waals surface area contributed by atoms with Crippen molar-refractivity contribution in [2.24, 2.45) is 5.92 Å². The van der Waals surface area contributed by atoms with Gasteiger partial charge in [0, 0.05) is 40.5 Å². The summed E-state index contributed by atoms with van der Waals surface area (Å²) in [5, 5.41) is 10.2. The number of aromatic amines is 2. The number of rotatable bonds is 5. The molecule has 1 aliphatic rings. The molecular formula is C26H19FN8OS. The first-order valence-electron chi connectivity index (χ1n) is 11.8. The fraction of sp³-hybridized carbons (Fsp3) is 0.154. The molecule has 0 aliphatic heterocycles. The highest BCUT2D eigenvalue weighted by Gasteiger charge is 2.29. The van der Waals surface area contributed by atoms with Crippen LogP contribution in [0.25, 0.3) is 55.3 Å². The van der Waals surface area contributed by atoms with Crippen molar-refractivity contribution in [2.75, 3.05) is 5.32 Å². The number of carbonyl (C=O) groups is 1. The SMILES string of the molecule is Cc1ccc(-c2nccc3[nH]c(-c4n[nH]c5ncc(-c6cncc(NC(=O)C7CC7)c6)c(F)c45)nc23)s1. The van der Waals surface area contributed by atoms with Gasteiger partial charge in [0.15, 0.2) is 11.5 Å². The second kappa shape index (κ2) is 8.27. The van der Waals surface area contributed by atoms with Crippen LogP contribution in [0.15, 0.2) is 49.1 Å². The Hall–Kier alpha value is -4.51. The van der Waals surface area contributed by atoms with Gasteiger partial charge in [0.25, 0.3) is 0 Å². The molecule has 0 saturated heterocycles. The molecule has 0 bridgehead atoms. The number of nitrogens with zero attached hydrogens (tertiary/aromatic N) is 5. The predicted octanol–water partition coefficient (Wildman–Crippen LogP) is 5.48. The van der Waals surface area contributed by atoms with Crippen LogP contribution in [0, 0.1) is 18.7 Å². The molecule has 0 aromatic carbocycles. The minimum absolute atomic E-state index is 0.0402. The molecular weight excluding hydrogens is 491 g/mol. The van der Waals surface area contributed by atoms with E-state index in [-0.39, 0.29) is 22.8 Å². The molecule has 9 nitrogen and oxygen atoms in total. The monoisotopic (exact) mass is 510 g/mol. The van der Waals surface area contributed by atoms with E-state index in [1.54, 1.807) is 36.0 Å². The number of pyridine rings is 3. The van der Waals surface area contributed by atoms with Crippen molar-refractivity contribution < 1.29 is 9.18 Å². The standard InChI is InChI=1S/C26H19FN8OS/c1-12-2-5-18(37-12)22-21-17(6-7-29-22)32-25(33-21)23-19-20(27)16(11-30-24(19)35-34-23)14-8-15(10-28-9-14)31-26(36)13-3-4-13/h2,5-11,13H,3-4H2,1H3,(H,31,36)(H,32,33)(H,30,34,35). The van der Waals surface area contributed by atoms with E-state index in [4.69, 9.17) is 4.98 Å². The maximum Gasteiger partial charge on any atom is 0.227 e. The van der Waals surface area contributed by atoms with Crippen LogP contribution in [0.5, 0.6) is 0 Å². The van der Waals surface area contributed by atoms with Gasteiger partial charge in [0.2, 0.25) is 5.91 Å². The van der Waals surface area contributed by atoms with E-state index < -0.39 is 5.82 Å². The van der Waals surface area contributed by atoms with Crippen LogP contribution < -0.4 is 5.32 Å². The number of amides is 1. The van der Waals surface area contributed by atoms with Gasteiger partial charge in [0.1, 0.15) is 22.7 Å². The smallest absolute Gasteiger partial charge is 0.227 e. The summed E-state index contributed by atoms with van der Waals surface area (Å²) in [5.41, 5.74) is 4.09. The molecule has 0 unspecified atom stereocenters. The fourth-order valence-electron chi connectivity index (χ4n) is 4.36. The minimum atomic E-state index is -0.506. The summed E-state index contributed by atoms with van der Waals surface area (Å²) in [7, 11) is 0. The molecule has 0 spiro atoms. The largest absolute Gasteiger partial charge is 0.336 e. The van der Waals surface area contributed by atoms with Gasteiger partial charge in [0.05, 0.1) is 27.7 Å². The minimum Gasteiger partial charge on any atom is -0.336 e. The lowest BCUT2D eigenvalue weighted by molar-refractivity contribution is -0.117. The zero-order valence-electron chi connectivity index (χ0n) is 19.5. The lowest BCUT2D eigenvalue weighted by atomic mass is 10.1. The van der Waals surface area contributed by atoms with Gasteiger partial charge < -0.3 is 10.3 Å². The van der Waals surface area contributed by atoms with Crippen LogP contribution in [-0.2, 0) is 4.79 Å². The number of carbonyl (C=O) groups excluding carboxylic acids is 1. The van der Waals surface area contributed by atoms with Crippen LogP contribution in [0.1, 0.15) is 17.7 Å². The van der Waals surface area contributed by atoms with E-state index in [1.165, 1.54) is 11.1 Å². The highest BCUT2D eigenvalue weighted by molar-refractivity contribution is 7.15. The van der Waals surface area contributed by atoms with Crippen molar-refractivity contribution in [3.05, 3.63) is 59.7 Å². The fourth-order valence-corrected chi connectivity index (χ4v) is 5.23. The first-order chi connectivity index (χ1) is 18.0. The van der Waals surface area contributed by atoms with Crippen molar-refractivity contribution in [1.82, 2.24) is 35.1 Å². The zero-order valence-corrected chi connectivity index (χ0v) is 20.4. The number of fused-ring (bicyclic) bond motifs is 2. The summed E-state index contributed by atoms with van der Waals surface area (Å²) in [6.07, 6.45) is 8.03. The predicted molar refractivity (Wildman–Crippen MR) is 139 cm³/mol. The zero-order chi connectivity index (χ0) is 25.1. The Labute approximate surface area is 213 Å². The van der Waals surface area contributed by atoms with Gasteiger partial charge in [-0.05, 0) is 44.0 Å². The molecule has 3 N–H and O–H groups in total. The van der Waals surface area contributed by atoms with Crippen LogP contribution in [0.2, 0.25) is 0 Å². The third-order valence-corrected chi connectivity index (χ3v) is 7.40. The van der Waals surface area contributed by atoms with E-state index >= 15 is 4.39 Å². The van der Waals surface area contributed by atoms with Crippen molar-refractivity contribution in [1.29, 1.82) is 0 Å². The van der Waals surface area contributed by atoms with Crippen LogP contribution in [0.3, 0.4) is 0 Å². The van der Waals surface area contributed by atoms with E-state index in [1.807, 2.05) is 25.1 Å². The first kappa shape index (κ1) is 21.7. The van der Waals surface area contributed by atoms with Gasteiger partial charge in [-0.2, -0.15) is 5.10 Å². The number of halogens is 1. The number of H-pyrrole nitrogens is 2. The molecule has 182 valence electrons. The molecule has 6 aromatic rings. The Morgan fingerprint density at radius 2 is 2.03 bits per heavy atom. The summed E-state index contributed by atoms with van der Waals surface area (Å²) >= 11 is 1.64. The molecule has 6 heterocycles. The number of hydrogen-bond acceptors (Lipinski definition) is 7. The molecule has 1 fully saturated rings. The quantitative estimate of drug-likeness (QED) is 0.282. The van der Waals surface area contributed by atoms with Crippen molar-refractivity contribution in [2.45, 2.75) is 19.8 Å². The molecule has 1 saturated carbocycles. The highest BCUT2D eigenvalue weighted by Crippen LogP contribution is 2.36. The molecule has 6 aromatic heterocycles. The van der Waals surface area contributed by atoms with E-state index in [2.05, 4.69) is 35.5 Å². The summed E-state index contributed by atoms with van der Waals surface area (Å²) < 4.78 is 16.0. The summed E-state index contributed by atoms with van der Waals surface area (Å²) in [6, 6.07) is 7.59. The van der Waals surface area contributed by atoms with Crippen LogP contribution in [0.4, 0.5) is 10.1 Å². The summed E-state index contributed by atoms with van der Waals surface area (Å²) in [6.45, 7) is 2.04. The molecule has 37 heavy (non-hydrogen) atoms. The number of imidazole rings is 1. The number of nitrogens with one attached hydrogen (secondary N) is 3. The Kier molecular flexibility index (Phi) is 4.86. The molecule has 1 aliphatic carbocycles. The first-order valence-corrected chi connectivity index (χ1v) is 12.6. The molecule has 11 heteroatoms. The van der Waals surface area contributed by atoms with Gasteiger partial charge in [-0.1, -0.05) is 0 Å². The van der Waals surface area contributed by atoms with Crippen molar-refractivity contribution >= 4 is 45.0 Å². The third kappa shape index (κ3) is 3.75. The Morgan fingerprint density at radius 3 is 2.84 bits per heavy atom. The van der Waals surface area contributed by atoms with E-state index in [0.717, 1.165) is 28.9 Å². The molecule has 0 atom stereocenters. The number of aromatic nitrogens is 7. The Balaban J connectivity index is 1.32. The lowest BCUT2D eigenvalue weighted by Crippen LogP contribution is -2.13. The van der Waals surface area contributed by atoms with Gasteiger partial charge in [-0.15, -0.1) is 11.3 Å². The maximum atomic E-state index is 16.0. The third-order valence-electron chi connectivity index (χ3n) is 6.39. The number of hydrogen-bond donors (Lipinski definition) is 3. The van der Waals surface area contributed by atoms with E-state index in [0.29, 0.717) is 33.9 Å². The van der Waals surface area contributed by atoms with Gasteiger partial charge in [-0.3, -0.25) is 19.9 Å². The topological polar surface area (TPSA) is 125 Å². The Morgan fingerprint density at radius 1 is 1.14 bits per heavy atom. The number of aryl methyl sites for hydroxylation is 1. The molecule has 1 amide bonds. The maximum absolute atomic E-state index is 16.0. The number of anilines is 1. The van der Waals surface area contributed by atoms with E-state index in [9.17, 15) is 4.79 Å². The lowest BCUT2D eigenvalue weighted by Gasteiger charge is -2.08. The van der Waals surface area contributed by atoms with Gasteiger partial charge in [-0.25, -0.2) is 14.4 Å². The second-order valence-corrected chi connectivity index (χ2v) is 10.3. The van der Waals surface area contributed by atoms with Crippen molar-refractivity contribution in [3.63, 3.8) is 0 Å². The average molecular weight is 511 g/mol. The van der Waals surface area contributed by atoms with Crippen LogP contribution >= 0.6 is 11.3 Å². The summed E-state index contributed by atoms with van der Waals surface area (Å²) in [5.74, 6) is -0.0871. The molecule has 0 radical (unpaired) electrons. The highest BCUT2D eigenvalue weighted by atomic mass is 32.1. The van der Waals surface area contributed by atoms with Crippen molar-refractivity contribution in [3.8, 4) is 33.2 Å². The molecule has 7 rings (SSSR count). The normalized spacial score (nSPS) is 13.5. The van der Waals surface area contributed by atoms with Crippen LogP contribution in [-0.4, -0.2) is 41.0 Å². The van der Waals surface area contributed by atoms with Gasteiger partial charge >= 0.3 is 0 Å². The number of thiophene rings is 1. The second-order valence-electron chi connectivity index (χ2n) is 9.06.